The summed E-state index contributed by atoms with van der Waals surface area (Å²) in [5.74, 6) is -2.35. The van der Waals surface area contributed by atoms with Crippen molar-refractivity contribution in [1.29, 1.82) is 0 Å². The third-order valence-electron chi connectivity index (χ3n) is 7.13. The van der Waals surface area contributed by atoms with Crippen molar-refractivity contribution in [2.24, 2.45) is 5.92 Å². The van der Waals surface area contributed by atoms with Gasteiger partial charge < -0.3 is 29.8 Å². The number of thioether (sulfide) groups is 1. The number of nitrogens with zero attached hydrogens (tertiary/aromatic N) is 2. The third-order valence-corrected chi connectivity index (χ3v) is 8.18. The molecule has 0 aromatic heterocycles. The average molecular weight is 653 g/mol. The number of aryl methyl sites for hydroxylation is 1. The first-order valence-electron chi connectivity index (χ1n) is 15.2. The number of amides is 2. The van der Waals surface area contributed by atoms with E-state index in [4.69, 9.17) is 9.47 Å². The zero-order chi connectivity index (χ0) is 33.2. The van der Waals surface area contributed by atoms with Crippen molar-refractivity contribution in [3.63, 3.8) is 0 Å². The summed E-state index contributed by atoms with van der Waals surface area (Å²) in [6, 6.07) is 7.35. The summed E-state index contributed by atoms with van der Waals surface area (Å²) in [5, 5.41) is 14.6. The number of carbonyl (C=O) groups is 5. The van der Waals surface area contributed by atoms with Crippen molar-refractivity contribution in [2.45, 2.75) is 77.4 Å². The Balaban J connectivity index is 1.90. The van der Waals surface area contributed by atoms with Crippen LogP contribution in [-0.4, -0.2) is 95.6 Å². The van der Waals surface area contributed by atoms with Crippen LogP contribution in [0, 0.1) is 16.0 Å². The first-order valence-corrected chi connectivity index (χ1v) is 16.1. The zero-order valence-corrected chi connectivity index (χ0v) is 26.9. The van der Waals surface area contributed by atoms with Gasteiger partial charge in [0.2, 0.25) is 16.9 Å². The minimum Gasteiger partial charge on any atom is -0.466 e. The fraction of sp³-hybridized carbons (Fsp3) is 0.633. The van der Waals surface area contributed by atoms with E-state index < -0.39 is 41.0 Å². The lowest BCUT2D eigenvalue weighted by atomic mass is 9.99. The predicted octanol–water partition coefficient (Wildman–Crippen LogP) is 2.06. The van der Waals surface area contributed by atoms with Gasteiger partial charge in [-0.1, -0.05) is 42.1 Å². The zero-order valence-electron chi connectivity index (χ0n) is 26.1. The van der Waals surface area contributed by atoms with Gasteiger partial charge in [-0.3, -0.25) is 19.2 Å². The van der Waals surface area contributed by atoms with E-state index in [0.29, 0.717) is 45.1 Å². The molecule has 0 spiro atoms. The molecule has 1 unspecified atom stereocenters. The summed E-state index contributed by atoms with van der Waals surface area (Å²) in [7, 11) is 0. The monoisotopic (exact) mass is 652 g/mol. The molecule has 0 saturated carbocycles. The molecule has 45 heavy (non-hydrogen) atoms. The normalized spacial score (nSPS) is 16.2. The molecule has 1 aromatic carbocycles. The average Bonchev–Trinajstić information content (AvgIpc) is 3.50. The number of esters is 2. The van der Waals surface area contributed by atoms with E-state index in [9.17, 15) is 34.1 Å². The third kappa shape index (κ3) is 13.9. The van der Waals surface area contributed by atoms with Crippen LogP contribution in [0.4, 0.5) is 0 Å². The molecule has 1 saturated heterocycles. The summed E-state index contributed by atoms with van der Waals surface area (Å²) in [4.78, 5) is 79.3. The summed E-state index contributed by atoms with van der Waals surface area (Å²) >= 11 is 0.843. The highest BCUT2D eigenvalue weighted by molar-refractivity contribution is 8.13. The first-order chi connectivity index (χ1) is 21.5. The number of rotatable bonds is 20. The van der Waals surface area contributed by atoms with E-state index in [1.54, 1.807) is 13.8 Å². The number of nitrogens with one attached hydrogen (secondary N) is 2. The number of carbonyl (C=O) groups excluding carboxylic acids is 5. The van der Waals surface area contributed by atoms with Crippen LogP contribution in [0.2, 0.25) is 0 Å². The van der Waals surface area contributed by atoms with Gasteiger partial charge in [-0.2, -0.15) is 0 Å². The van der Waals surface area contributed by atoms with E-state index in [1.165, 1.54) is 11.8 Å². The van der Waals surface area contributed by atoms with Crippen molar-refractivity contribution in [3.05, 3.63) is 46.0 Å². The van der Waals surface area contributed by atoms with E-state index >= 15 is 0 Å². The SMILES string of the molecule is CCOC(=O)[C@H](CCc1ccccc1)CN[C@@H](C)C(=O)N1CCC[C@@H]1C(=O)SCC(NC(C)=O)C(=O)OCCCCO[N+](=O)[O-]. The summed E-state index contributed by atoms with van der Waals surface area (Å²) in [5.41, 5.74) is 1.10. The van der Waals surface area contributed by atoms with Gasteiger partial charge in [0.25, 0.3) is 5.09 Å². The molecule has 0 bridgehead atoms. The van der Waals surface area contributed by atoms with E-state index in [-0.39, 0.29) is 49.1 Å². The molecule has 1 aliphatic heterocycles. The second-order valence-electron chi connectivity index (χ2n) is 10.6. The highest BCUT2D eigenvalue weighted by Crippen LogP contribution is 2.24. The standard InChI is InChI=1S/C30H44N4O10S/c1-4-42-28(37)24(15-14-23-11-6-5-7-12-23)19-31-21(2)27(36)33-16-10-13-26(33)30(39)45-20-25(32-22(3)35)29(38)43-17-8-9-18-44-34(40)41/h5-7,11-12,21,24-26,31H,4,8-10,13-20H2,1-3H3,(H,32,35)/t21-,24+,25?,26+/m0/s1. The maximum Gasteiger partial charge on any atom is 0.329 e. The molecule has 1 aliphatic rings. The van der Waals surface area contributed by atoms with Gasteiger partial charge in [-0.15, -0.1) is 10.1 Å². The Kier molecular flexibility index (Phi) is 16.9. The lowest BCUT2D eigenvalue weighted by Crippen LogP contribution is -2.50. The van der Waals surface area contributed by atoms with Gasteiger partial charge in [0.15, 0.2) is 0 Å². The number of unbranched alkanes of at least 4 members (excludes halogenated alkanes) is 1. The Morgan fingerprint density at radius 1 is 1.09 bits per heavy atom. The summed E-state index contributed by atoms with van der Waals surface area (Å²) < 4.78 is 10.4. The molecule has 2 N–H and O–H groups in total. The quantitative estimate of drug-likeness (QED) is 0.0906. The molecule has 2 rings (SSSR count). The number of hydrogen-bond acceptors (Lipinski definition) is 12. The molecule has 2 amide bonds. The van der Waals surface area contributed by atoms with Crippen LogP contribution in [-0.2, 0) is 44.7 Å². The van der Waals surface area contributed by atoms with Crippen molar-refractivity contribution < 1.29 is 43.4 Å². The van der Waals surface area contributed by atoms with Gasteiger partial charge in [0.1, 0.15) is 12.1 Å². The number of ether oxygens (including phenoxy) is 2. The van der Waals surface area contributed by atoms with E-state index in [1.807, 2.05) is 30.3 Å². The smallest absolute Gasteiger partial charge is 0.329 e. The molecular formula is C30H44N4O10S. The van der Waals surface area contributed by atoms with Crippen LogP contribution in [0.15, 0.2) is 30.3 Å². The first kappa shape index (κ1) is 37.5. The Labute approximate surface area is 267 Å². The Morgan fingerprint density at radius 2 is 1.80 bits per heavy atom. The molecule has 14 nitrogen and oxygen atoms in total. The van der Waals surface area contributed by atoms with Gasteiger partial charge in [-0.25, -0.2) is 4.79 Å². The molecule has 0 aliphatic carbocycles. The molecule has 1 fully saturated rings. The van der Waals surface area contributed by atoms with Crippen LogP contribution in [0.3, 0.4) is 0 Å². The fourth-order valence-corrected chi connectivity index (χ4v) is 5.76. The Hall–Kier alpha value is -3.72. The predicted molar refractivity (Wildman–Crippen MR) is 165 cm³/mol. The highest BCUT2D eigenvalue weighted by Gasteiger charge is 2.37. The van der Waals surface area contributed by atoms with Crippen molar-refractivity contribution >= 4 is 40.6 Å². The van der Waals surface area contributed by atoms with Crippen LogP contribution in [0.1, 0.15) is 58.4 Å². The van der Waals surface area contributed by atoms with Crippen LogP contribution >= 0.6 is 11.8 Å². The molecule has 0 radical (unpaired) electrons. The summed E-state index contributed by atoms with van der Waals surface area (Å²) in [6.45, 7) is 5.41. The maximum atomic E-state index is 13.4. The van der Waals surface area contributed by atoms with Crippen molar-refractivity contribution in [1.82, 2.24) is 15.5 Å². The fourth-order valence-electron chi connectivity index (χ4n) is 4.77. The maximum absolute atomic E-state index is 13.4. The van der Waals surface area contributed by atoms with Gasteiger partial charge in [-0.05, 0) is 57.9 Å². The van der Waals surface area contributed by atoms with E-state index in [2.05, 4.69) is 15.5 Å². The van der Waals surface area contributed by atoms with Crippen molar-refractivity contribution in [2.75, 3.05) is 38.7 Å². The second kappa shape index (κ2) is 20.3. The second-order valence-corrected chi connectivity index (χ2v) is 11.6. The lowest BCUT2D eigenvalue weighted by molar-refractivity contribution is -0.757. The van der Waals surface area contributed by atoms with Gasteiger partial charge in [0.05, 0.1) is 31.8 Å². The molecule has 4 atom stereocenters. The molecule has 15 heteroatoms. The van der Waals surface area contributed by atoms with Crippen LogP contribution < -0.4 is 10.6 Å². The van der Waals surface area contributed by atoms with E-state index in [0.717, 1.165) is 17.3 Å². The van der Waals surface area contributed by atoms with Gasteiger partial charge in [0, 0.05) is 25.8 Å². The minimum atomic E-state index is -1.09. The van der Waals surface area contributed by atoms with Crippen LogP contribution in [0.25, 0.3) is 0 Å². The Bertz CT molecular complexity index is 1140. The Morgan fingerprint density at radius 3 is 2.47 bits per heavy atom. The number of likely N-dealkylation sites (tertiary alicyclic amines) is 1. The molecular weight excluding hydrogens is 608 g/mol. The topological polar surface area (TPSA) is 183 Å². The molecule has 250 valence electrons. The van der Waals surface area contributed by atoms with Crippen molar-refractivity contribution in [3.8, 4) is 0 Å². The van der Waals surface area contributed by atoms with Gasteiger partial charge >= 0.3 is 11.9 Å². The van der Waals surface area contributed by atoms with Crippen LogP contribution in [0.5, 0.6) is 0 Å². The lowest BCUT2D eigenvalue weighted by Gasteiger charge is -2.28. The number of benzene rings is 1. The highest BCUT2D eigenvalue weighted by atomic mass is 32.2. The minimum absolute atomic E-state index is 0.0341. The molecule has 1 aromatic rings. The largest absolute Gasteiger partial charge is 0.466 e. The number of hydrogen-bond donors (Lipinski definition) is 2. The summed E-state index contributed by atoms with van der Waals surface area (Å²) in [6.07, 6.45) is 2.94. The molecule has 1 heterocycles.